The number of hydrogen-bond donors (Lipinski definition) is 1. The number of halogens is 1. The van der Waals surface area contributed by atoms with E-state index in [1.807, 2.05) is 0 Å². The highest BCUT2D eigenvalue weighted by atomic mass is 32.2. The molecule has 2 aliphatic rings. The maximum absolute atomic E-state index is 13.8. The molecule has 0 aliphatic carbocycles. The SMILES string of the molecule is [O-][S+](Cc1cc(F)ccc1N1CCCC1)c1nc2cc3c(cc2[nH]1)OCO3. The Morgan fingerprint density at radius 2 is 1.93 bits per heavy atom. The first kappa shape index (κ1) is 16.7. The van der Waals surface area contributed by atoms with Gasteiger partial charge in [-0.05, 0) is 31.0 Å². The molecule has 6 nitrogen and oxygen atoms in total. The molecule has 2 aliphatic heterocycles. The van der Waals surface area contributed by atoms with Gasteiger partial charge >= 0.3 is 5.16 Å². The molecule has 8 heteroatoms. The fraction of sp³-hybridized carbons (Fsp3) is 0.316. The van der Waals surface area contributed by atoms with Crippen LogP contribution in [0, 0.1) is 5.82 Å². The molecular weight excluding hydrogens is 369 g/mol. The number of anilines is 1. The van der Waals surface area contributed by atoms with E-state index in [9.17, 15) is 8.94 Å². The van der Waals surface area contributed by atoms with Crippen molar-refractivity contribution < 1.29 is 18.4 Å². The molecule has 0 bridgehead atoms. The van der Waals surface area contributed by atoms with Gasteiger partial charge in [-0.3, -0.25) is 4.98 Å². The lowest BCUT2D eigenvalue weighted by Crippen LogP contribution is -2.20. The number of H-pyrrole nitrogens is 1. The smallest absolute Gasteiger partial charge is 0.321 e. The molecule has 0 spiro atoms. The van der Waals surface area contributed by atoms with E-state index in [-0.39, 0.29) is 18.4 Å². The monoisotopic (exact) mass is 387 g/mol. The molecule has 0 amide bonds. The number of benzene rings is 2. The molecule has 1 N–H and O–H groups in total. The third-order valence-corrected chi connectivity index (χ3v) is 6.14. The number of nitrogens with zero attached hydrogens (tertiary/aromatic N) is 2. The van der Waals surface area contributed by atoms with Gasteiger partial charge in [-0.1, -0.05) is 0 Å². The van der Waals surface area contributed by atoms with Gasteiger partial charge in [0.15, 0.2) is 11.5 Å². The van der Waals surface area contributed by atoms with E-state index in [0.717, 1.165) is 42.7 Å². The minimum Gasteiger partial charge on any atom is -0.609 e. The summed E-state index contributed by atoms with van der Waals surface area (Å²) >= 11 is -1.42. The predicted octanol–water partition coefficient (Wildman–Crippen LogP) is 3.34. The summed E-state index contributed by atoms with van der Waals surface area (Å²) in [6.45, 7) is 2.09. The van der Waals surface area contributed by atoms with E-state index in [2.05, 4.69) is 14.9 Å². The minimum absolute atomic E-state index is 0.194. The Bertz CT molecular complexity index is 962. The van der Waals surface area contributed by atoms with Gasteiger partial charge in [-0.25, -0.2) is 4.39 Å². The average Bonchev–Trinajstić information content (AvgIpc) is 3.39. The van der Waals surface area contributed by atoms with Crippen LogP contribution in [0.2, 0.25) is 0 Å². The minimum atomic E-state index is -1.42. The first-order valence-electron chi connectivity index (χ1n) is 8.88. The lowest BCUT2D eigenvalue weighted by Gasteiger charge is -2.21. The predicted molar refractivity (Wildman–Crippen MR) is 100 cm³/mol. The molecule has 5 rings (SSSR count). The number of hydrogen-bond acceptors (Lipinski definition) is 5. The summed E-state index contributed by atoms with van der Waals surface area (Å²) in [5, 5.41) is 0.366. The van der Waals surface area contributed by atoms with Gasteiger partial charge in [0.2, 0.25) is 6.79 Å². The van der Waals surface area contributed by atoms with Crippen LogP contribution in [0.4, 0.5) is 10.1 Å². The summed E-state index contributed by atoms with van der Waals surface area (Å²) < 4.78 is 37.5. The lowest BCUT2D eigenvalue weighted by atomic mass is 10.2. The van der Waals surface area contributed by atoms with Crippen LogP contribution < -0.4 is 14.4 Å². The number of rotatable bonds is 4. The van der Waals surface area contributed by atoms with Crippen LogP contribution in [0.1, 0.15) is 18.4 Å². The van der Waals surface area contributed by atoms with Crippen molar-refractivity contribution in [2.75, 3.05) is 24.8 Å². The fourth-order valence-electron chi connectivity index (χ4n) is 3.63. The summed E-state index contributed by atoms with van der Waals surface area (Å²) in [6.07, 6.45) is 2.25. The van der Waals surface area contributed by atoms with Crippen LogP contribution in [0.15, 0.2) is 35.5 Å². The van der Waals surface area contributed by atoms with Crippen molar-refractivity contribution in [2.45, 2.75) is 23.8 Å². The van der Waals surface area contributed by atoms with Crippen LogP contribution in [-0.4, -0.2) is 34.4 Å². The molecule has 2 aromatic carbocycles. The molecule has 27 heavy (non-hydrogen) atoms. The standard InChI is InChI=1S/C19H18FN3O3S/c20-13-3-4-16(23-5-1-2-6-23)12(7-13)10-27(24)19-21-14-8-17-18(26-11-25-17)9-15(14)22-19/h3-4,7-9H,1-2,5-6,10-11H2,(H,21,22). The Balaban J connectivity index is 1.44. The van der Waals surface area contributed by atoms with E-state index in [4.69, 9.17) is 9.47 Å². The first-order chi connectivity index (χ1) is 13.2. The van der Waals surface area contributed by atoms with Gasteiger partial charge in [-0.15, -0.1) is 0 Å². The highest BCUT2D eigenvalue weighted by molar-refractivity contribution is 7.90. The second kappa shape index (κ2) is 6.61. The van der Waals surface area contributed by atoms with Crippen molar-refractivity contribution in [3.8, 4) is 11.5 Å². The number of nitrogens with one attached hydrogen (secondary N) is 1. The van der Waals surface area contributed by atoms with Crippen molar-refractivity contribution in [1.29, 1.82) is 0 Å². The lowest BCUT2D eigenvalue weighted by molar-refractivity contribution is 0.174. The van der Waals surface area contributed by atoms with Crippen molar-refractivity contribution >= 4 is 27.9 Å². The number of fused-ring (bicyclic) bond motifs is 2. The van der Waals surface area contributed by atoms with Crippen LogP contribution in [0.5, 0.6) is 11.5 Å². The molecule has 0 radical (unpaired) electrons. The molecular formula is C19H18FN3O3S. The highest BCUT2D eigenvalue weighted by Gasteiger charge is 2.24. The topological polar surface area (TPSA) is 73.4 Å². The van der Waals surface area contributed by atoms with Crippen LogP contribution in [-0.2, 0) is 16.9 Å². The van der Waals surface area contributed by atoms with Crippen molar-refractivity contribution in [3.63, 3.8) is 0 Å². The van der Waals surface area contributed by atoms with Crippen molar-refractivity contribution in [1.82, 2.24) is 9.97 Å². The number of ether oxygens (including phenoxy) is 2. The Labute approximate surface area is 158 Å². The molecule has 0 saturated carbocycles. The molecule has 3 heterocycles. The number of aromatic nitrogens is 2. The third-order valence-electron chi connectivity index (χ3n) is 4.95. The number of imidazole rings is 1. The van der Waals surface area contributed by atoms with E-state index in [1.54, 1.807) is 18.2 Å². The van der Waals surface area contributed by atoms with E-state index < -0.39 is 11.2 Å². The zero-order valence-electron chi connectivity index (χ0n) is 14.5. The van der Waals surface area contributed by atoms with Gasteiger partial charge in [0.05, 0.1) is 11.0 Å². The van der Waals surface area contributed by atoms with Crippen molar-refractivity contribution in [2.24, 2.45) is 0 Å². The van der Waals surface area contributed by atoms with E-state index in [0.29, 0.717) is 22.2 Å². The Morgan fingerprint density at radius 1 is 1.15 bits per heavy atom. The van der Waals surface area contributed by atoms with Gasteiger partial charge in [0, 0.05) is 47.6 Å². The van der Waals surface area contributed by atoms with E-state index in [1.165, 1.54) is 12.1 Å². The van der Waals surface area contributed by atoms with Gasteiger partial charge in [-0.2, -0.15) is 4.98 Å². The summed E-state index contributed by atoms with van der Waals surface area (Å²) in [7, 11) is 0. The zero-order valence-corrected chi connectivity index (χ0v) is 15.4. The Morgan fingerprint density at radius 3 is 2.74 bits per heavy atom. The van der Waals surface area contributed by atoms with Crippen LogP contribution in [0.3, 0.4) is 0 Å². The van der Waals surface area contributed by atoms with Crippen LogP contribution in [0.25, 0.3) is 11.0 Å². The number of aromatic amines is 1. The Hall–Kier alpha value is -2.45. The third kappa shape index (κ3) is 3.08. The van der Waals surface area contributed by atoms with Gasteiger partial charge in [0.25, 0.3) is 0 Å². The maximum atomic E-state index is 13.8. The van der Waals surface area contributed by atoms with Gasteiger partial charge in [0.1, 0.15) is 11.6 Å². The molecule has 3 aromatic rings. The Kier molecular flexibility index (Phi) is 4.09. The molecule has 1 unspecified atom stereocenters. The quantitative estimate of drug-likeness (QED) is 0.695. The zero-order chi connectivity index (χ0) is 18.4. The normalized spacial score (nSPS) is 17.0. The summed E-state index contributed by atoms with van der Waals surface area (Å²) in [5.41, 5.74) is 3.10. The van der Waals surface area contributed by atoms with Gasteiger partial charge < -0.3 is 18.9 Å². The molecule has 1 fully saturated rings. The largest absolute Gasteiger partial charge is 0.609 e. The average molecular weight is 387 g/mol. The summed E-state index contributed by atoms with van der Waals surface area (Å²) in [4.78, 5) is 9.76. The van der Waals surface area contributed by atoms with Crippen LogP contribution >= 0.6 is 0 Å². The molecule has 1 saturated heterocycles. The molecule has 140 valence electrons. The second-order valence-electron chi connectivity index (χ2n) is 6.72. The van der Waals surface area contributed by atoms with E-state index >= 15 is 0 Å². The molecule has 1 atom stereocenters. The fourth-order valence-corrected chi connectivity index (χ4v) is 4.70. The first-order valence-corrected chi connectivity index (χ1v) is 10.2. The highest BCUT2D eigenvalue weighted by Crippen LogP contribution is 2.36. The maximum Gasteiger partial charge on any atom is 0.321 e. The second-order valence-corrected chi connectivity index (χ2v) is 8.09. The summed E-state index contributed by atoms with van der Waals surface area (Å²) in [5.74, 6) is 1.16. The molecule has 1 aromatic heterocycles. The van der Waals surface area contributed by atoms with Crippen molar-refractivity contribution in [3.05, 3.63) is 41.7 Å². The summed E-state index contributed by atoms with van der Waals surface area (Å²) in [6, 6.07) is 8.29.